The highest BCUT2D eigenvalue weighted by Crippen LogP contribution is 2.22. The van der Waals surface area contributed by atoms with Crippen LogP contribution in [0.15, 0.2) is 48.7 Å². The van der Waals surface area contributed by atoms with Gasteiger partial charge in [-0.1, -0.05) is 31.5 Å². The van der Waals surface area contributed by atoms with E-state index >= 15 is 0 Å². The summed E-state index contributed by atoms with van der Waals surface area (Å²) < 4.78 is 28.5. The predicted octanol–water partition coefficient (Wildman–Crippen LogP) is 2.94. The Bertz CT molecular complexity index is 918. The molecule has 0 aliphatic carbocycles. The van der Waals surface area contributed by atoms with E-state index in [1.54, 1.807) is 18.2 Å². The number of fused-ring (bicyclic) bond motifs is 1. The molecule has 0 aliphatic heterocycles. The van der Waals surface area contributed by atoms with Gasteiger partial charge in [0.1, 0.15) is 0 Å². The van der Waals surface area contributed by atoms with E-state index in [-0.39, 0.29) is 5.75 Å². The van der Waals surface area contributed by atoms with Crippen molar-refractivity contribution >= 4 is 21.4 Å². The molecule has 3 rings (SSSR count). The molecule has 1 N–H and O–H groups in total. The molecule has 6 nitrogen and oxygen atoms in total. The smallest absolute Gasteiger partial charge is 0.232 e. The summed E-state index contributed by atoms with van der Waals surface area (Å²) >= 11 is 0. The molecule has 0 aliphatic rings. The fraction of sp³-hybridized carbons (Fsp3) is 0.250. The number of benzene rings is 1. The van der Waals surface area contributed by atoms with E-state index < -0.39 is 10.0 Å². The number of hydrogen-bond donors (Lipinski definition) is 1. The molecular weight excluding hydrogens is 312 g/mol. The van der Waals surface area contributed by atoms with Crippen molar-refractivity contribution in [2.75, 3.05) is 10.5 Å². The average Bonchev–Trinajstić information content (AvgIpc) is 2.97. The molecule has 2 heterocycles. The molecular formula is C16H18N4O2S. The Balaban J connectivity index is 1.91. The van der Waals surface area contributed by atoms with Gasteiger partial charge in [-0.25, -0.2) is 8.42 Å². The Hall–Kier alpha value is -2.41. The number of unbranched alkanes of at least 4 members (excludes halogenated alkanes) is 1. The summed E-state index contributed by atoms with van der Waals surface area (Å²) in [6.07, 6.45) is 3.36. The van der Waals surface area contributed by atoms with Crippen LogP contribution in [-0.2, 0) is 10.0 Å². The van der Waals surface area contributed by atoms with E-state index in [1.165, 1.54) is 0 Å². The van der Waals surface area contributed by atoms with E-state index in [4.69, 9.17) is 0 Å². The van der Waals surface area contributed by atoms with Gasteiger partial charge < -0.3 is 0 Å². The zero-order valence-corrected chi connectivity index (χ0v) is 13.6. The summed E-state index contributed by atoms with van der Waals surface area (Å²) in [5.74, 6) is 0.803. The Morgan fingerprint density at radius 2 is 2.00 bits per heavy atom. The summed E-state index contributed by atoms with van der Waals surface area (Å²) in [4.78, 5) is 0. The molecule has 1 aromatic carbocycles. The minimum Gasteiger partial charge on any atom is -0.284 e. The van der Waals surface area contributed by atoms with E-state index in [2.05, 4.69) is 14.9 Å². The van der Waals surface area contributed by atoms with E-state index in [9.17, 15) is 8.42 Å². The van der Waals surface area contributed by atoms with Crippen LogP contribution in [0.25, 0.3) is 17.0 Å². The van der Waals surface area contributed by atoms with Crippen molar-refractivity contribution in [3.05, 3.63) is 48.7 Å². The zero-order chi connectivity index (χ0) is 16.3. The van der Waals surface area contributed by atoms with Crippen molar-refractivity contribution in [2.24, 2.45) is 0 Å². The van der Waals surface area contributed by atoms with Crippen molar-refractivity contribution < 1.29 is 8.42 Å². The summed E-state index contributed by atoms with van der Waals surface area (Å²) in [7, 11) is -3.32. The minimum absolute atomic E-state index is 0.127. The van der Waals surface area contributed by atoms with Crippen LogP contribution in [0.5, 0.6) is 0 Å². The third-order valence-corrected chi connectivity index (χ3v) is 4.85. The molecule has 0 unspecified atom stereocenters. The number of rotatable bonds is 6. The topological polar surface area (TPSA) is 76.4 Å². The lowest BCUT2D eigenvalue weighted by Gasteiger charge is -2.08. The third kappa shape index (κ3) is 3.50. The lowest BCUT2D eigenvalue weighted by Crippen LogP contribution is -2.16. The molecule has 0 saturated carbocycles. The summed E-state index contributed by atoms with van der Waals surface area (Å²) in [6, 6.07) is 12.9. The van der Waals surface area contributed by atoms with Gasteiger partial charge in [-0.2, -0.15) is 0 Å². The van der Waals surface area contributed by atoms with Crippen LogP contribution in [0.2, 0.25) is 0 Å². The van der Waals surface area contributed by atoms with Crippen LogP contribution in [-0.4, -0.2) is 28.8 Å². The largest absolute Gasteiger partial charge is 0.284 e. The van der Waals surface area contributed by atoms with Gasteiger partial charge in [0.2, 0.25) is 10.0 Å². The van der Waals surface area contributed by atoms with Crippen LogP contribution in [0.3, 0.4) is 0 Å². The highest BCUT2D eigenvalue weighted by Gasteiger charge is 2.12. The summed E-state index contributed by atoms with van der Waals surface area (Å²) in [6.45, 7) is 1.96. The predicted molar refractivity (Wildman–Crippen MR) is 90.7 cm³/mol. The molecule has 0 amide bonds. The van der Waals surface area contributed by atoms with Gasteiger partial charge in [-0.3, -0.25) is 9.12 Å². The van der Waals surface area contributed by atoms with Crippen LogP contribution >= 0.6 is 0 Å². The minimum atomic E-state index is -3.32. The summed E-state index contributed by atoms with van der Waals surface area (Å²) in [5.41, 5.74) is 2.09. The Morgan fingerprint density at radius 3 is 2.83 bits per heavy atom. The Labute approximate surface area is 135 Å². The number of anilines is 1. The number of nitrogens with one attached hydrogen (secondary N) is 1. The molecule has 0 spiro atoms. The standard InChI is InChI=1S/C16H18N4O2S/c1-2-3-11-23(21,22)19-14-8-6-7-13(12-14)16-18-17-15-9-4-5-10-20(15)16/h4-10,12,19H,2-3,11H2,1H3. The normalized spacial score (nSPS) is 11.7. The molecule has 0 radical (unpaired) electrons. The molecule has 3 aromatic rings. The first-order chi connectivity index (χ1) is 11.1. The summed E-state index contributed by atoms with van der Waals surface area (Å²) in [5, 5.41) is 8.30. The molecule has 2 aromatic heterocycles. The second-order valence-electron chi connectivity index (χ2n) is 5.31. The van der Waals surface area contributed by atoms with Gasteiger partial charge in [0, 0.05) is 17.4 Å². The first-order valence-electron chi connectivity index (χ1n) is 7.50. The Kier molecular flexibility index (Phi) is 4.29. The fourth-order valence-electron chi connectivity index (χ4n) is 2.32. The van der Waals surface area contributed by atoms with E-state index in [0.717, 1.165) is 17.6 Å². The molecule has 120 valence electrons. The van der Waals surface area contributed by atoms with Crippen LogP contribution in [0.1, 0.15) is 19.8 Å². The molecule has 7 heteroatoms. The number of nitrogens with zero attached hydrogens (tertiary/aromatic N) is 3. The van der Waals surface area contributed by atoms with Crippen molar-refractivity contribution in [2.45, 2.75) is 19.8 Å². The maximum Gasteiger partial charge on any atom is 0.232 e. The highest BCUT2D eigenvalue weighted by atomic mass is 32.2. The lowest BCUT2D eigenvalue weighted by atomic mass is 10.2. The number of pyridine rings is 1. The number of sulfonamides is 1. The quantitative estimate of drug-likeness (QED) is 0.754. The van der Waals surface area contributed by atoms with Gasteiger partial charge in [0.15, 0.2) is 11.5 Å². The van der Waals surface area contributed by atoms with Gasteiger partial charge in [0.25, 0.3) is 0 Å². The molecule has 0 bridgehead atoms. The first-order valence-corrected chi connectivity index (χ1v) is 9.15. The SMILES string of the molecule is CCCCS(=O)(=O)Nc1cccc(-c2nnc3ccccn23)c1. The van der Waals surface area contributed by atoms with Gasteiger partial charge in [-0.15, -0.1) is 10.2 Å². The van der Waals surface area contributed by atoms with E-state index in [1.807, 2.05) is 41.8 Å². The van der Waals surface area contributed by atoms with Crippen molar-refractivity contribution in [1.29, 1.82) is 0 Å². The van der Waals surface area contributed by atoms with Gasteiger partial charge in [0.05, 0.1) is 5.75 Å². The van der Waals surface area contributed by atoms with Gasteiger partial charge in [-0.05, 0) is 30.7 Å². The van der Waals surface area contributed by atoms with Crippen LogP contribution in [0.4, 0.5) is 5.69 Å². The molecule has 0 fully saturated rings. The zero-order valence-electron chi connectivity index (χ0n) is 12.8. The van der Waals surface area contributed by atoms with Crippen LogP contribution in [0, 0.1) is 0 Å². The number of aromatic nitrogens is 3. The van der Waals surface area contributed by atoms with Crippen LogP contribution < -0.4 is 4.72 Å². The van der Waals surface area contributed by atoms with Crippen molar-refractivity contribution in [3.8, 4) is 11.4 Å². The highest BCUT2D eigenvalue weighted by molar-refractivity contribution is 7.92. The van der Waals surface area contributed by atoms with E-state index in [0.29, 0.717) is 17.9 Å². The maximum atomic E-state index is 12.0. The lowest BCUT2D eigenvalue weighted by molar-refractivity contribution is 0.598. The monoisotopic (exact) mass is 330 g/mol. The maximum absolute atomic E-state index is 12.0. The molecule has 23 heavy (non-hydrogen) atoms. The van der Waals surface area contributed by atoms with Crippen molar-refractivity contribution in [3.63, 3.8) is 0 Å². The molecule has 0 saturated heterocycles. The third-order valence-electron chi connectivity index (χ3n) is 3.47. The van der Waals surface area contributed by atoms with Crippen molar-refractivity contribution in [1.82, 2.24) is 14.6 Å². The fourth-order valence-corrected chi connectivity index (χ4v) is 3.58. The number of hydrogen-bond acceptors (Lipinski definition) is 4. The first kappa shape index (κ1) is 15.5. The average molecular weight is 330 g/mol. The Morgan fingerprint density at radius 1 is 1.13 bits per heavy atom. The second kappa shape index (κ2) is 6.37. The molecule has 0 atom stereocenters. The van der Waals surface area contributed by atoms with Gasteiger partial charge >= 0.3 is 0 Å². The second-order valence-corrected chi connectivity index (χ2v) is 7.15.